The van der Waals surface area contributed by atoms with E-state index in [9.17, 15) is 4.79 Å². The maximum atomic E-state index is 12.3. The maximum absolute atomic E-state index is 12.3. The minimum Gasteiger partial charge on any atom is -0.497 e. The minimum absolute atomic E-state index is 0.0324. The summed E-state index contributed by atoms with van der Waals surface area (Å²) in [4.78, 5) is 16.8. The Bertz CT molecular complexity index is 662. The third-order valence-corrected chi connectivity index (χ3v) is 3.53. The number of benzene rings is 1. The van der Waals surface area contributed by atoms with E-state index in [1.54, 1.807) is 17.7 Å². The van der Waals surface area contributed by atoms with Crippen LogP contribution in [-0.4, -0.2) is 22.7 Å². The molecule has 0 aliphatic carbocycles. The molecule has 112 valence electrons. The summed E-state index contributed by atoms with van der Waals surface area (Å²) >= 11 is 0. The van der Waals surface area contributed by atoms with Gasteiger partial charge in [-0.2, -0.15) is 0 Å². The molecule has 0 radical (unpaired) electrons. The van der Waals surface area contributed by atoms with E-state index in [4.69, 9.17) is 10.5 Å². The summed E-state index contributed by atoms with van der Waals surface area (Å²) in [5.74, 6) is 1.45. The Morgan fingerprint density at radius 3 is 2.52 bits per heavy atom. The molecular formula is C16H21N3O2. The number of ether oxygens (including phenoxy) is 1. The summed E-state index contributed by atoms with van der Waals surface area (Å²) in [7, 11) is 1.62. The Hall–Kier alpha value is -2.14. The van der Waals surface area contributed by atoms with Crippen molar-refractivity contribution in [3.63, 3.8) is 0 Å². The molecule has 0 aliphatic rings. The van der Waals surface area contributed by atoms with Crippen LogP contribution in [0, 0.1) is 6.92 Å². The van der Waals surface area contributed by atoms with Gasteiger partial charge >= 0.3 is 0 Å². The Kier molecular flexibility index (Phi) is 4.75. The molecule has 1 atom stereocenters. The molecule has 5 nitrogen and oxygen atoms in total. The van der Waals surface area contributed by atoms with Gasteiger partial charge in [0.1, 0.15) is 11.6 Å². The molecule has 0 bridgehead atoms. The molecule has 2 aromatic rings. The van der Waals surface area contributed by atoms with Crippen molar-refractivity contribution < 1.29 is 4.74 Å². The van der Waals surface area contributed by atoms with Gasteiger partial charge in [0.2, 0.25) is 0 Å². The molecule has 1 aromatic heterocycles. The average molecular weight is 287 g/mol. The van der Waals surface area contributed by atoms with Gasteiger partial charge in [-0.15, -0.1) is 0 Å². The third kappa shape index (κ3) is 3.49. The number of aromatic nitrogens is 2. The molecule has 5 heteroatoms. The zero-order valence-electron chi connectivity index (χ0n) is 12.7. The summed E-state index contributed by atoms with van der Waals surface area (Å²) in [5, 5.41) is 0. The van der Waals surface area contributed by atoms with Gasteiger partial charge in [-0.25, -0.2) is 4.98 Å². The van der Waals surface area contributed by atoms with Gasteiger partial charge in [-0.05, 0) is 37.6 Å². The van der Waals surface area contributed by atoms with E-state index in [-0.39, 0.29) is 11.6 Å². The predicted octanol–water partition coefficient (Wildman–Crippen LogP) is 1.96. The molecule has 0 amide bonds. The van der Waals surface area contributed by atoms with Gasteiger partial charge in [0.15, 0.2) is 0 Å². The van der Waals surface area contributed by atoms with Gasteiger partial charge in [0, 0.05) is 24.2 Å². The Morgan fingerprint density at radius 2 is 2.00 bits per heavy atom. The quantitative estimate of drug-likeness (QED) is 0.912. The van der Waals surface area contributed by atoms with E-state index >= 15 is 0 Å². The van der Waals surface area contributed by atoms with E-state index in [0.29, 0.717) is 18.1 Å². The van der Waals surface area contributed by atoms with E-state index in [1.165, 1.54) is 0 Å². The first-order chi connectivity index (χ1) is 10.0. The van der Waals surface area contributed by atoms with Gasteiger partial charge in [0.05, 0.1) is 12.8 Å². The third-order valence-electron chi connectivity index (χ3n) is 3.53. The van der Waals surface area contributed by atoms with Crippen LogP contribution < -0.4 is 16.0 Å². The van der Waals surface area contributed by atoms with Gasteiger partial charge < -0.3 is 10.5 Å². The van der Waals surface area contributed by atoms with Crippen LogP contribution in [0.2, 0.25) is 0 Å². The molecule has 1 unspecified atom stereocenters. The predicted molar refractivity (Wildman–Crippen MR) is 83.5 cm³/mol. The van der Waals surface area contributed by atoms with E-state index in [0.717, 1.165) is 17.7 Å². The minimum atomic E-state index is -0.0720. The fourth-order valence-electron chi connectivity index (χ4n) is 2.12. The van der Waals surface area contributed by atoms with Crippen LogP contribution in [0.15, 0.2) is 35.1 Å². The summed E-state index contributed by atoms with van der Waals surface area (Å²) in [6.45, 7) is 4.33. The normalized spacial score (nSPS) is 12.2. The number of rotatable bonds is 5. The van der Waals surface area contributed by atoms with Crippen molar-refractivity contribution in [2.75, 3.05) is 7.11 Å². The number of methoxy groups -OCH3 is 1. The lowest BCUT2D eigenvalue weighted by Gasteiger charge is -2.14. The van der Waals surface area contributed by atoms with Crippen LogP contribution in [0.5, 0.6) is 5.75 Å². The monoisotopic (exact) mass is 287 g/mol. The molecule has 0 aliphatic heterocycles. The van der Waals surface area contributed by atoms with Crippen LogP contribution in [0.25, 0.3) is 11.3 Å². The molecule has 0 saturated carbocycles. The fraction of sp³-hybridized carbons (Fsp3) is 0.375. The van der Waals surface area contributed by atoms with Crippen molar-refractivity contribution in [3.8, 4) is 17.0 Å². The summed E-state index contributed by atoms with van der Waals surface area (Å²) in [6.07, 6.45) is 0.826. The van der Waals surface area contributed by atoms with E-state index in [2.05, 4.69) is 4.98 Å². The van der Waals surface area contributed by atoms with Gasteiger partial charge in [-0.1, -0.05) is 6.92 Å². The first-order valence-corrected chi connectivity index (χ1v) is 7.03. The highest BCUT2D eigenvalue weighted by Gasteiger charge is 2.09. The zero-order chi connectivity index (χ0) is 15.4. The van der Waals surface area contributed by atoms with E-state index < -0.39 is 0 Å². The summed E-state index contributed by atoms with van der Waals surface area (Å²) < 4.78 is 6.75. The SMILES string of the molecule is CCC(N)Cn1c(C)nc(-c2ccc(OC)cc2)cc1=O. The zero-order valence-corrected chi connectivity index (χ0v) is 12.7. The fourth-order valence-corrected chi connectivity index (χ4v) is 2.12. The van der Waals surface area contributed by atoms with Crippen molar-refractivity contribution in [2.45, 2.75) is 32.9 Å². The highest BCUT2D eigenvalue weighted by Crippen LogP contribution is 2.19. The molecule has 0 spiro atoms. The maximum Gasteiger partial charge on any atom is 0.254 e. The molecule has 21 heavy (non-hydrogen) atoms. The number of nitrogens with zero attached hydrogens (tertiary/aromatic N) is 2. The van der Waals surface area contributed by atoms with Crippen LogP contribution in [0.1, 0.15) is 19.2 Å². The Morgan fingerprint density at radius 1 is 1.33 bits per heavy atom. The lowest BCUT2D eigenvalue weighted by molar-refractivity contribution is 0.415. The molecule has 1 aromatic carbocycles. The smallest absolute Gasteiger partial charge is 0.254 e. The molecule has 2 rings (SSSR count). The van der Waals surface area contributed by atoms with Crippen molar-refractivity contribution >= 4 is 0 Å². The van der Waals surface area contributed by atoms with Crippen molar-refractivity contribution in [2.24, 2.45) is 5.73 Å². The second-order valence-electron chi connectivity index (χ2n) is 5.03. The molecule has 2 N–H and O–H groups in total. The van der Waals surface area contributed by atoms with Crippen molar-refractivity contribution in [3.05, 3.63) is 46.5 Å². The van der Waals surface area contributed by atoms with Crippen LogP contribution in [0.3, 0.4) is 0 Å². The van der Waals surface area contributed by atoms with Gasteiger partial charge in [-0.3, -0.25) is 9.36 Å². The van der Waals surface area contributed by atoms with Crippen molar-refractivity contribution in [1.82, 2.24) is 9.55 Å². The Balaban J connectivity index is 2.36. The molecular weight excluding hydrogens is 266 g/mol. The van der Waals surface area contributed by atoms with Crippen LogP contribution in [-0.2, 0) is 6.54 Å². The van der Waals surface area contributed by atoms with Crippen LogP contribution in [0.4, 0.5) is 0 Å². The molecule has 0 saturated heterocycles. The first-order valence-electron chi connectivity index (χ1n) is 7.03. The van der Waals surface area contributed by atoms with Gasteiger partial charge in [0.25, 0.3) is 5.56 Å². The van der Waals surface area contributed by atoms with Crippen LogP contribution >= 0.6 is 0 Å². The first kappa shape index (κ1) is 15.3. The van der Waals surface area contributed by atoms with E-state index in [1.807, 2.05) is 38.1 Å². The summed E-state index contributed by atoms with van der Waals surface area (Å²) in [6, 6.07) is 9.01. The second-order valence-corrected chi connectivity index (χ2v) is 5.03. The summed E-state index contributed by atoms with van der Waals surface area (Å²) in [5.41, 5.74) is 7.41. The lowest BCUT2D eigenvalue weighted by Crippen LogP contribution is -2.33. The highest BCUT2D eigenvalue weighted by molar-refractivity contribution is 5.59. The van der Waals surface area contributed by atoms with Crippen molar-refractivity contribution in [1.29, 1.82) is 0 Å². The standard InChI is InChI=1S/C16H21N3O2/c1-4-13(17)10-19-11(2)18-15(9-16(19)20)12-5-7-14(21-3)8-6-12/h5-9,13H,4,10,17H2,1-3H3. The largest absolute Gasteiger partial charge is 0.497 e. The Labute approximate surface area is 124 Å². The number of hydrogen-bond donors (Lipinski definition) is 1. The number of hydrogen-bond acceptors (Lipinski definition) is 4. The molecule has 1 heterocycles. The number of nitrogens with two attached hydrogens (primary N) is 1. The average Bonchev–Trinajstić information content (AvgIpc) is 2.50. The molecule has 0 fully saturated rings. The second kappa shape index (κ2) is 6.54. The topological polar surface area (TPSA) is 70.1 Å². The lowest BCUT2D eigenvalue weighted by atomic mass is 10.1. The highest BCUT2D eigenvalue weighted by atomic mass is 16.5. The number of aryl methyl sites for hydroxylation is 1.